The summed E-state index contributed by atoms with van der Waals surface area (Å²) in [4.78, 5) is 0. The molecule has 0 unspecified atom stereocenters. The summed E-state index contributed by atoms with van der Waals surface area (Å²) >= 11 is 0.860. The highest BCUT2D eigenvalue weighted by molar-refractivity contribution is 7.94. The number of nitrogens with one attached hydrogen (secondary N) is 1. The zero-order chi connectivity index (χ0) is 13.2. The van der Waals surface area contributed by atoms with Crippen molar-refractivity contribution in [2.45, 2.75) is 17.7 Å². The summed E-state index contributed by atoms with van der Waals surface area (Å²) < 4.78 is 36.8. The Morgan fingerprint density at radius 1 is 1.56 bits per heavy atom. The fourth-order valence-electron chi connectivity index (χ4n) is 1.26. The Morgan fingerprint density at radius 3 is 2.89 bits per heavy atom. The number of rotatable bonds is 5. The molecule has 18 heavy (non-hydrogen) atoms. The summed E-state index contributed by atoms with van der Waals surface area (Å²) in [6.45, 7) is 2.59. The van der Waals surface area contributed by atoms with Gasteiger partial charge in [0.25, 0.3) is 10.0 Å². The Labute approximate surface area is 109 Å². The van der Waals surface area contributed by atoms with Gasteiger partial charge in [0.2, 0.25) is 5.88 Å². The number of hydrogen-bond acceptors (Lipinski definition) is 6. The SMILES string of the molecule is CCn1cc(NS(=O)(=O)c2cc(OC)ns2)cn1. The summed E-state index contributed by atoms with van der Waals surface area (Å²) in [5, 5.41) is 3.99. The first-order valence-corrected chi connectivity index (χ1v) is 7.37. The fourth-order valence-corrected chi connectivity index (χ4v) is 3.12. The number of methoxy groups -OCH3 is 1. The Morgan fingerprint density at radius 2 is 2.33 bits per heavy atom. The maximum absolute atomic E-state index is 12.0. The van der Waals surface area contributed by atoms with Crippen LogP contribution in [0.2, 0.25) is 0 Å². The van der Waals surface area contributed by atoms with Gasteiger partial charge in [-0.25, -0.2) is 8.42 Å². The van der Waals surface area contributed by atoms with Crippen molar-refractivity contribution >= 4 is 27.2 Å². The number of sulfonamides is 1. The van der Waals surface area contributed by atoms with Gasteiger partial charge in [-0.1, -0.05) is 0 Å². The highest BCUT2D eigenvalue weighted by Gasteiger charge is 2.19. The molecule has 0 fully saturated rings. The van der Waals surface area contributed by atoms with Crippen LogP contribution >= 0.6 is 11.5 Å². The first kappa shape index (κ1) is 12.8. The predicted molar refractivity (Wildman–Crippen MR) is 67.4 cm³/mol. The molecule has 0 spiro atoms. The van der Waals surface area contributed by atoms with Crippen LogP contribution in [0.25, 0.3) is 0 Å². The molecule has 0 saturated carbocycles. The lowest BCUT2D eigenvalue weighted by atomic mass is 10.6. The number of anilines is 1. The van der Waals surface area contributed by atoms with Crippen LogP contribution in [0.4, 0.5) is 5.69 Å². The maximum atomic E-state index is 12.0. The van der Waals surface area contributed by atoms with Crippen molar-refractivity contribution < 1.29 is 13.2 Å². The smallest absolute Gasteiger partial charge is 0.273 e. The molecule has 0 amide bonds. The fraction of sp³-hybridized carbons (Fsp3) is 0.333. The van der Waals surface area contributed by atoms with Crippen LogP contribution in [0.15, 0.2) is 22.7 Å². The third-order valence-electron chi connectivity index (χ3n) is 2.15. The Kier molecular flexibility index (Phi) is 3.53. The van der Waals surface area contributed by atoms with Crippen molar-refractivity contribution in [3.8, 4) is 5.88 Å². The van der Waals surface area contributed by atoms with Crippen molar-refractivity contribution in [2.75, 3.05) is 11.8 Å². The van der Waals surface area contributed by atoms with Crippen LogP contribution in [0, 0.1) is 0 Å². The van der Waals surface area contributed by atoms with Crippen LogP contribution < -0.4 is 9.46 Å². The Hall–Kier alpha value is -1.61. The van der Waals surface area contributed by atoms with E-state index in [2.05, 4.69) is 14.2 Å². The molecular weight excluding hydrogens is 276 g/mol. The zero-order valence-electron chi connectivity index (χ0n) is 9.82. The Balaban J connectivity index is 2.21. The number of nitrogens with zero attached hydrogens (tertiary/aromatic N) is 3. The van der Waals surface area contributed by atoms with Gasteiger partial charge in [0.1, 0.15) is 0 Å². The van der Waals surface area contributed by atoms with E-state index in [-0.39, 0.29) is 10.1 Å². The van der Waals surface area contributed by atoms with Gasteiger partial charge >= 0.3 is 0 Å². The third kappa shape index (κ3) is 2.62. The summed E-state index contributed by atoms with van der Waals surface area (Å²) in [6, 6.07) is 1.37. The molecule has 2 aromatic heterocycles. The van der Waals surface area contributed by atoms with E-state index < -0.39 is 10.0 Å². The van der Waals surface area contributed by atoms with E-state index in [1.54, 1.807) is 10.9 Å². The van der Waals surface area contributed by atoms with E-state index in [4.69, 9.17) is 4.74 Å². The molecule has 98 valence electrons. The Bertz CT molecular complexity index is 632. The second-order valence-corrected chi connectivity index (χ2v) is 6.09. The molecule has 0 aliphatic rings. The molecule has 2 heterocycles. The van der Waals surface area contributed by atoms with Crippen molar-refractivity contribution in [1.82, 2.24) is 14.2 Å². The first-order valence-electron chi connectivity index (χ1n) is 5.11. The van der Waals surface area contributed by atoms with Crippen LogP contribution in [-0.2, 0) is 16.6 Å². The van der Waals surface area contributed by atoms with Crippen LogP contribution in [0.3, 0.4) is 0 Å². The van der Waals surface area contributed by atoms with E-state index in [0.29, 0.717) is 12.2 Å². The van der Waals surface area contributed by atoms with Gasteiger partial charge in [0, 0.05) is 18.8 Å². The molecule has 0 radical (unpaired) electrons. The predicted octanol–water partition coefficient (Wildman–Crippen LogP) is 1.17. The topological polar surface area (TPSA) is 86.1 Å². The standard InChI is InChI=1S/C9H12N4O3S2/c1-3-13-6-7(5-10-13)12-18(14,15)9-4-8(16-2)11-17-9/h4-6,12H,3H2,1-2H3. The highest BCUT2D eigenvalue weighted by atomic mass is 32.2. The molecule has 9 heteroatoms. The van der Waals surface area contributed by atoms with E-state index in [1.165, 1.54) is 19.4 Å². The average Bonchev–Trinajstić information content (AvgIpc) is 2.96. The number of aromatic nitrogens is 3. The van der Waals surface area contributed by atoms with Gasteiger partial charge in [-0.15, -0.1) is 0 Å². The molecule has 0 saturated heterocycles. The second kappa shape index (κ2) is 4.94. The molecule has 0 atom stereocenters. The summed E-state index contributed by atoms with van der Waals surface area (Å²) in [5.41, 5.74) is 0.421. The summed E-state index contributed by atoms with van der Waals surface area (Å²) in [6.07, 6.45) is 3.08. The summed E-state index contributed by atoms with van der Waals surface area (Å²) in [7, 11) is -2.19. The molecule has 2 aromatic rings. The molecule has 2 rings (SSSR count). The number of ether oxygens (including phenoxy) is 1. The monoisotopic (exact) mass is 288 g/mol. The van der Waals surface area contributed by atoms with Crippen molar-refractivity contribution in [1.29, 1.82) is 0 Å². The lowest BCUT2D eigenvalue weighted by molar-refractivity contribution is 0.402. The van der Waals surface area contributed by atoms with Gasteiger partial charge < -0.3 is 4.74 Å². The lowest BCUT2D eigenvalue weighted by Gasteiger charge is -2.01. The largest absolute Gasteiger partial charge is 0.480 e. The van der Waals surface area contributed by atoms with E-state index in [9.17, 15) is 8.42 Å². The van der Waals surface area contributed by atoms with Gasteiger partial charge in [-0.3, -0.25) is 9.40 Å². The second-order valence-electron chi connectivity index (χ2n) is 3.38. The average molecular weight is 288 g/mol. The molecule has 1 N–H and O–H groups in total. The quantitative estimate of drug-likeness (QED) is 0.892. The van der Waals surface area contributed by atoms with E-state index in [0.717, 1.165) is 11.5 Å². The minimum Gasteiger partial charge on any atom is -0.480 e. The van der Waals surface area contributed by atoms with Crippen LogP contribution in [0.5, 0.6) is 5.88 Å². The van der Waals surface area contributed by atoms with E-state index >= 15 is 0 Å². The molecule has 0 aromatic carbocycles. The highest BCUT2D eigenvalue weighted by Crippen LogP contribution is 2.23. The third-order valence-corrected chi connectivity index (χ3v) is 4.75. The first-order chi connectivity index (χ1) is 8.55. The van der Waals surface area contributed by atoms with Crippen molar-refractivity contribution in [3.05, 3.63) is 18.5 Å². The van der Waals surface area contributed by atoms with Crippen molar-refractivity contribution in [3.63, 3.8) is 0 Å². The van der Waals surface area contributed by atoms with Gasteiger partial charge in [-0.05, 0) is 18.5 Å². The zero-order valence-corrected chi connectivity index (χ0v) is 11.5. The van der Waals surface area contributed by atoms with E-state index in [1.807, 2.05) is 6.92 Å². The minimum absolute atomic E-state index is 0.101. The minimum atomic E-state index is -3.62. The van der Waals surface area contributed by atoms with Crippen LogP contribution in [0.1, 0.15) is 6.92 Å². The van der Waals surface area contributed by atoms with Gasteiger partial charge in [-0.2, -0.15) is 9.47 Å². The molecule has 0 aliphatic heterocycles. The number of hydrogen-bond donors (Lipinski definition) is 1. The van der Waals surface area contributed by atoms with Gasteiger partial charge in [0.15, 0.2) is 4.21 Å². The molecular formula is C9H12N4O3S2. The van der Waals surface area contributed by atoms with Crippen LogP contribution in [-0.4, -0.2) is 29.7 Å². The molecule has 0 aliphatic carbocycles. The van der Waals surface area contributed by atoms with Crippen molar-refractivity contribution in [2.24, 2.45) is 0 Å². The molecule has 7 nitrogen and oxygen atoms in total. The van der Waals surface area contributed by atoms with Gasteiger partial charge in [0.05, 0.1) is 19.0 Å². The summed E-state index contributed by atoms with van der Waals surface area (Å²) in [5.74, 6) is 0.282. The molecule has 0 bridgehead atoms. The lowest BCUT2D eigenvalue weighted by Crippen LogP contribution is -2.10. The maximum Gasteiger partial charge on any atom is 0.273 e. The normalized spacial score (nSPS) is 11.4. The number of aryl methyl sites for hydroxylation is 1.